The molecule has 0 spiro atoms. The van der Waals surface area contributed by atoms with Gasteiger partial charge in [-0.15, -0.1) is 0 Å². The van der Waals surface area contributed by atoms with Crippen molar-refractivity contribution in [3.8, 4) is 0 Å². The van der Waals surface area contributed by atoms with E-state index in [2.05, 4.69) is 10.5 Å². The molecule has 2 amide bonds. The van der Waals surface area contributed by atoms with Gasteiger partial charge >= 0.3 is 0 Å². The molecular formula is C8H9FN4O2. The lowest BCUT2D eigenvalue weighted by atomic mass is 10.4. The number of alkyl halides is 1. The summed E-state index contributed by atoms with van der Waals surface area (Å²) in [6, 6.07) is 0. The van der Waals surface area contributed by atoms with E-state index >= 15 is 0 Å². The number of amides is 2. The summed E-state index contributed by atoms with van der Waals surface area (Å²) in [5.41, 5.74) is 7.50. The normalized spacial score (nSPS) is 23.5. The minimum Gasteiger partial charge on any atom is -0.365 e. The van der Waals surface area contributed by atoms with E-state index in [0.29, 0.717) is 0 Å². The van der Waals surface area contributed by atoms with Gasteiger partial charge in [-0.05, 0) is 6.42 Å². The molecule has 0 radical (unpaired) electrons. The fraction of sp³-hybridized carbons (Fsp3) is 0.375. The minimum absolute atomic E-state index is 0.183. The van der Waals surface area contributed by atoms with Crippen molar-refractivity contribution in [2.75, 3.05) is 5.43 Å². The number of nitrogens with one attached hydrogen (secondary N) is 1. The Bertz CT molecular complexity index is 417. The van der Waals surface area contributed by atoms with Crippen LogP contribution in [0.25, 0.3) is 0 Å². The van der Waals surface area contributed by atoms with E-state index in [9.17, 15) is 14.0 Å². The molecule has 0 saturated heterocycles. The first-order valence-corrected chi connectivity index (χ1v) is 4.37. The standard InChI is InChI=1S/C8H9FN4O2/c9-6-1-5(6)8(15)12-13-3-4(2-11-13)7(10)14/h2-3,5-6H,1H2,(H2,10,14)(H,12,15)/t5-,6+/m1/s1. The van der Waals surface area contributed by atoms with Crippen LogP contribution >= 0.6 is 0 Å². The minimum atomic E-state index is -1.06. The SMILES string of the molecule is NC(=O)c1cnn(NC(=O)[C@@H]2C[C@@H]2F)c1. The fourth-order valence-electron chi connectivity index (χ4n) is 1.14. The Balaban J connectivity index is 1.98. The first-order valence-electron chi connectivity index (χ1n) is 4.37. The third-order valence-corrected chi connectivity index (χ3v) is 2.14. The van der Waals surface area contributed by atoms with Crippen LogP contribution in [0.2, 0.25) is 0 Å². The Kier molecular flexibility index (Phi) is 2.14. The second kappa shape index (κ2) is 3.34. The molecule has 1 heterocycles. The number of carbonyl (C=O) groups excluding carboxylic acids is 2. The van der Waals surface area contributed by atoms with Gasteiger partial charge in [0.05, 0.1) is 23.9 Å². The number of hydrogen-bond donors (Lipinski definition) is 2. The van der Waals surface area contributed by atoms with Crippen molar-refractivity contribution < 1.29 is 14.0 Å². The number of rotatable bonds is 3. The van der Waals surface area contributed by atoms with Gasteiger partial charge in [-0.2, -0.15) is 9.89 Å². The molecular weight excluding hydrogens is 203 g/mol. The Labute approximate surface area is 84.2 Å². The lowest BCUT2D eigenvalue weighted by molar-refractivity contribution is -0.118. The smallest absolute Gasteiger partial charge is 0.251 e. The summed E-state index contributed by atoms with van der Waals surface area (Å²) in [5, 5.41) is 3.67. The zero-order chi connectivity index (χ0) is 11.0. The second-order valence-electron chi connectivity index (χ2n) is 3.37. The van der Waals surface area contributed by atoms with Crippen LogP contribution in [-0.2, 0) is 4.79 Å². The van der Waals surface area contributed by atoms with Gasteiger partial charge in [-0.25, -0.2) is 9.82 Å². The van der Waals surface area contributed by atoms with Crippen molar-refractivity contribution in [2.45, 2.75) is 12.6 Å². The lowest BCUT2D eigenvalue weighted by Gasteiger charge is -2.01. The predicted molar refractivity (Wildman–Crippen MR) is 48.1 cm³/mol. The quantitative estimate of drug-likeness (QED) is 0.701. The molecule has 0 aromatic carbocycles. The van der Waals surface area contributed by atoms with Gasteiger partial charge in [0.15, 0.2) is 0 Å². The average Bonchev–Trinajstić information content (AvgIpc) is 2.73. The largest absolute Gasteiger partial charge is 0.365 e. The van der Waals surface area contributed by atoms with E-state index in [1.54, 1.807) is 0 Å². The lowest BCUT2D eigenvalue weighted by Crippen LogP contribution is -2.25. The van der Waals surface area contributed by atoms with Crippen LogP contribution in [0.4, 0.5) is 4.39 Å². The van der Waals surface area contributed by atoms with Crippen molar-refractivity contribution in [2.24, 2.45) is 11.7 Å². The summed E-state index contributed by atoms with van der Waals surface area (Å²) in [4.78, 5) is 23.0. The van der Waals surface area contributed by atoms with Gasteiger partial charge in [0.2, 0.25) is 5.91 Å². The highest BCUT2D eigenvalue weighted by Crippen LogP contribution is 2.33. The van der Waals surface area contributed by atoms with Crippen LogP contribution in [0.5, 0.6) is 0 Å². The number of aromatic nitrogens is 2. The van der Waals surface area contributed by atoms with Gasteiger partial charge in [0.25, 0.3) is 5.91 Å². The number of carbonyl (C=O) groups is 2. The van der Waals surface area contributed by atoms with E-state index in [-0.39, 0.29) is 12.0 Å². The van der Waals surface area contributed by atoms with Crippen LogP contribution < -0.4 is 11.2 Å². The first kappa shape index (κ1) is 9.63. The fourth-order valence-corrected chi connectivity index (χ4v) is 1.14. The van der Waals surface area contributed by atoms with E-state index in [1.165, 1.54) is 12.4 Å². The van der Waals surface area contributed by atoms with E-state index in [0.717, 1.165) is 4.79 Å². The summed E-state index contributed by atoms with van der Waals surface area (Å²) >= 11 is 0. The highest BCUT2D eigenvalue weighted by atomic mass is 19.1. The maximum atomic E-state index is 12.5. The highest BCUT2D eigenvalue weighted by Gasteiger charge is 2.43. The zero-order valence-electron chi connectivity index (χ0n) is 7.68. The van der Waals surface area contributed by atoms with Gasteiger partial charge in [0.1, 0.15) is 6.17 Å². The molecule has 6 nitrogen and oxygen atoms in total. The monoisotopic (exact) mass is 212 g/mol. The Morgan fingerprint density at radius 2 is 2.33 bits per heavy atom. The number of nitrogens with zero attached hydrogens (tertiary/aromatic N) is 2. The molecule has 80 valence electrons. The van der Waals surface area contributed by atoms with E-state index < -0.39 is 23.9 Å². The summed E-state index contributed by atoms with van der Waals surface area (Å²) in [7, 11) is 0. The molecule has 7 heteroatoms. The summed E-state index contributed by atoms with van der Waals surface area (Å²) in [6.07, 6.45) is 1.69. The number of nitrogens with two attached hydrogens (primary N) is 1. The van der Waals surface area contributed by atoms with Crippen molar-refractivity contribution in [1.29, 1.82) is 0 Å². The van der Waals surface area contributed by atoms with Crippen LogP contribution in [0, 0.1) is 5.92 Å². The molecule has 3 N–H and O–H groups in total. The molecule has 1 fully saturated rings. The Hall–Kier alpha value is -1.92. The third kappa shape index (κ3) is 1.95. The van der Waals surface area contributed by atoms with Crippen molar-refractivity contribution in [1.82, 2.24) is 9.89 Å². The predicted octanol–water partition coefficient (Wildman–Crippen LogP) is -0.590. The Morgan fingerprint density at radius 1 is 1.67 bits per heavy atom. The van der Waals surface area contributed by atoms with E-state index in [4.69, 9.17) is 5.73 Å². The third-order valence-electron chi connectivity index (χ3n) is 2.14. The van der Waals surface area contributed by atoms with Gasteiger partial charge in [-0.1, -0.05) is 0 Å². The molecule has 0 unspecified atom stereocenters. The van der Waals surface area contributed by atoms with Crippen molar-refractivity contribution >= 4 is 11.8 Å². The van der Waals surface area contributed by atoms with Crippen LogP contribution in [0.1, 0.15) is 16.8 Å². The Morgan fingerprint density at radius 3 is 2.80 bits per heavy atom. The van der Waals surface area contributed by atoms with Crippen LogP contribution in [-0.4, -0.2) is 27.9 Å². The number of halogens is 1. The highest BCUT2D eigenvalue weighted by molar-refractivity contribution is 5.92. The van der Waals surface area contributed by atoms with Gasteiger partial charge in [-0.3, -0.25) is 9.59 Å². The van der Waals surface area contributed by atoms with Crippen LogP contribution in [0.15, 0.2) is 12.4 Å². The summed E-state index contributed by atoms with van der Waals surface area (Å²) in [5.74, 6) is -1.67. The van der Waals surface area contributed by atoms with Gasteiger partial charge in [0, 0.05) is 0 Å². The molecule has 1 saturated carbocycles. The van der Waals surface area contributed by atoms with Crippen LogP contribution in [0.3, 0.4) is 0 Å². The molecule has 1 aliphatic rings. The summed E-state index contributed by atoms with van der Waals surface area (Å²) < 4.78 is 12.5. The molecule has 15 heavy (non-hydrogen) atoms. The molecule has 1 aliphatic carbocycles. The number of hydrogen-bond acceptors (Lipinski definition) is 3. The summed E-state index contributed by atoms with van der Waals surface area (Å²) in [6.45, 7) is 0. The maximum absolute atomic E-state index is 12.5. The topological polar surface area (TPSA) is 90.0 Å². The molecule has 1 aromatic rings. The molecule has 0 aliphatic heterocycles. The van der Waals surface area contributed by atoms with E-state index in [1.807, 2.05) is 0 Å². The zero-order valence-corrected chi connectivity index (χ0v) is 7.68. The molecule has 1 aromatic heterocycles. The first-order chi connectivity index (χ1) is 7.08. The maximum Gasteiger partial charge on any atom is 0.251 e. The molecule has 2 atom stereocenters. The van der Waals surface area contributed by atoms with Crippen molar-refractivity contribution in [3.63, 3.8) is 0 Å². The van der Waals surface area contributed by atoms with Gasteiger partial charge < -0.3 is 5.73 Å². The average molecular weight is 212 g/mol. The second-order valence-corrected chi connectivity index (χ2v) is 3.37. The molecule has 2 rings (SSSR count). The molecule has 0 bridgehead atoms. The van der Waals surface area contributed by atoms with Crippen molar-refractivity contribution in [3.05, 3.63) is 18.0 Å². The number of primary amides is 1.